The molecule has 2 aliphatic rings. The molecule has 1 heterocycles. The maximum Gasteiger partial charge on any atom is 0.238 e. The van der Waals surface area contributed by atoms with Gasteiger partial charge in [-0.1, -0.05) is 51.4 Å². The van der Waals surface area contributed by atoms with Gasteiger partial charge >= 0.3 is 0 Å². The third-order valence-electron chi connectivity index (χ3n) is 6.84. The van der Waals surface area contributed by atoms with Gasteiger partial charge in [-0.25, -0.2) is 0 Å². The van der Waals surface area contributed by atoms with Crippen molar-refractivity contribution in [3.63, 3.8) is 0 Å². The number of hydrogen-bond donors (Lipinski definition) is 0. The molecular weight excluding hydrogens is 402 g/mol. The van der Waals surface area contributed by atoms with Crippen LogP contribution < -0.4 is 0 Å². The van der Waals surface area contributed by atoms with E-state index in [1.54, 1.807) is 14.2 Å². The molecule has 0 radical (unpaired) electrons. The molecule has 32 heavy (non-hydrogen) atoms. The van der Waals surface area contributed by atoms with Gasteiger partial charge in [0.05, 0.1) is 0 Å². The smallest absolute Gasteiger partial charge is 0.238 e. The Hall–Kier alpha value is -1.74. The van der Waals surface area contributed by atoms with Crippen LogP contribution in [0.4, 0.5) is 0 Å². The summed E-state index contributed by atoms with van der Waals surface area (Å²) in [7, 11) is 3.16. The minimum Gasteiger partial charge on any atom is -0.372 e. The highest BCUT2D eigenvalue weighted by Gasteiger charge is 2.45. The minimum absolute atomic E-state index is 0.00270. The number of methoxy groups -OCH3 is 2. The van der Waals surface area contributed by atoms with Gasteiger partial charge in [-0.05, 0) is 60.6 Å². The van der Waals surface area contributed by atoms with Crippen LogP contribution in [0.5, 0.6) is 0 Å². The predicted octanol–water partition coefficient (Wildman–Crippen LogP) is 4.76. The van der Waals surface area contributed by atoms with Crippen LogP contribution in [0.25, 0.3) is 0 Å². The zero-order chi connectivity index (χ0) is 22.8. The summed E-state index contributed by atoms with van der Waals surface area (Å²) in [5.74, 6) is 7.14. The summed E-state index contributed by atoms with van der Waals surface area (Å²) in [6.45, 7) is 2.37. The molecule has 2 atom stereocenters. The van der Waals surface area contributed by atoms with E-state index in [0.717, 1.165) is 36.8 Å². The molecule has 1 aromatic rings. The van der Waals surface area contributed by atoms with E-state index in [-0.39, 0.29) is 25.1 Å². The SMILES string of the molecule is COCC#CC(=O)[C@](Cc1cc(CCCC2CC2)ccn1)(OCOC)[C@@H](C)CCC1CC1. The average molecular weight is 442 g/mol. The normalized spacial score (nSPS) is 18.5. The number of aromatic nitrogens is 1. The quantitative estimate of drug-likeness (QED) is 0.223. The van der Waals surface area contributed by atoms with Crippen LogP contribution in [0.1, 0.15) is 69.5 Å². The Balaban J connectivity index is 1.79. The molecule has 0 N–H and O–H groups in total. The van der Waals surface area contributed by atoms with Crippen molar-refractivity contribution in [2.24, 2.45) is 17.8 Å². The highest BCUT2D eigenvalue weighted by atomic mass is 16.7. The zero-order valence-corrected chi connectivity index (χ0v) is 20.0. The summed E-state index contributed by atoms with van der Waals surface area (Å²) in [4.78, 5) is 18.1. The highest BCUT2D eigenvalue weighted by molar-refractivity contribution is 6.02. The first kappa shape index (κ1) is 24.9. The first-order valence-electron chi connectivity index (χ1n) is 12.2. The number of carbonyl (C=O) groups excluding carboxylic acids is 1. The molecule has 0 saturated heterocycles. The van der Waals surface area contributed by atoms with E-state index >= 15 is 0 Å². The number of aryl methyl sites for hydroxylation is 1. The van der Waals surface area contributed by atoms with Crippen LogP contribution in [-0.4, -0.2) is 44.0 Å². The number of nitrogens with zero attached hydrogens (tertiary/aromatic N) is 1. The van der Waals surface area contributed by atoms with Gasteiger partial charge in [-0.2, -0.15) is 0 Å². The Labute approximate surface area is 193 Å². The molecule has 0 spiro atoms. The molecule has 2 saturated carbocycles. The fourth-order valence-electron chi connectivity index (χ4n) is 4.37. The zero-order valence-electron chi connectivity index (χ0n) is 20.0. The number of carbonyl (C=O) groups is 1. The minimum atomic E-state index is -1.08. The number of Topliss-reactive ketones (excluding diaryl/α,β-unsaturated/α-hetero) is 1. The first-order valence-corrected chi connectivity index (χ1v) is 12.2. The second-order valence-corrected chi connectivity index (χ2v) is 9.59. The van der Waals surface area contributed by atoms with E-state index in [1.807, 2.05) is 6.20 Å². The van der Waals surface area contributed by atoms with Gasteiger partial charge in [0.25, 0.3) is 0 Å². The molecule has 5 nitrogen and oxygen atoms in total. The molecule has 0 aromatic carbocycles. The molecule has 5 heteroatoms. The second-order valence-electron chi connectivity index (χ2n) is 9.59. The summed E-state index contributed by atoms with van der Waals surface area (Å²) < 4.78 is 16.5. The molecule has 3 rings (SSSR count). The molecule has 1 aromatic heterocycles. The highest BCUT2D eigenvalue weighted by Crippen LogP contribution is 2.38. The van der Waals surface area contributed by atoms with Crippen molar-refractivity contribution < 1.29 is 19.0 Å². The number of rotatable bonds is 15. The Bertz CT molecular complexity index is 790. The number of pyridine rings is 1. The summed E-state index contributed by atoms with van der Waals surface area (Å²) in [5, 5.41) is 0. The maximum absolute atomic E-state index is 13.5. The van der Waals surface area contributed by atoms with E-state index in [4.69, 9.17) is 14.2 Å². The standard InChI is InChI=1S/C27H39NO4/c1-21(9-10-23-13-14-23)27(32-20-31-3,26(29)8-5-17-30-2)19-25-18-24(15-16-28-25)7-4-6-22-11-12-22/h15-16,18,21-23H,4,6-7,9-14,17,19-20H2,1-3H3/t21-,27+/m0/s1. The lowest BCUT2D eigenvalue weighted by Gasteiger charge is -2.36. The molecule has 0 bridgehead atoms. The number of ketones is 1. The number of ether oxygens (including phenoxy) is 3. The fraction of sp³-hybridized carbons (Fsp3) is 0.704. The van der Waals surface area contributed by atoms with Gasteiger partial charge in [-0.3, -0.25) is 9.78 Å². The van der Waals surface area contributed by atoms with Crippen LogP contribution in [0.15, 0.2) is 18.3 Å². The van der Waals surface area contributed by atoms with Crippen molar-refractivity contribution in [2.75, 3.05) is 27.6 Å². The summed E-state index contributed by atoms with van der Waals surface area (Å²) >= 11 is 0. The van der Waals surface area contributed by atoms with E-state index in [9.17, 15) is 4.79 Å². The maximum atomic E-state index is 13.5. The molecule has 176 valence electrons. The summed E-state index contributed by atoms with van der Waals surface area (Å²) in [5.41, 5.74) is 1.08. The lowest BCUT2D eigenvalue weighted by Crippen LogP contribution is -2.49. The third-order valence-corrected chi connectivity index (χ3v) is 6.84. The van der Waals surface area contributed by atoms with Crippen LogP contribution in [0, 0.1) is 29.6 Å². The average Bonchev–Trinajstić information content (AvgIpc) is 3.71. The molecule has 0 unspecified atom stereocenters. The van der Waals surface area contributed by atoms with Gasteiger partial charge < -0.3 is 14.2 Å². The predicted molar refractivity (Wildman–Crippen MR) is 125 cm³/mol. The van der Waals surface area contributed by atoms with Crippen LogP contribution >= 0.6 is 0 Å². The van der Waals surface area contributed by atoms with Crippen molar-refractivity contribution >= 4 is 5.78 Å². The molecular formula is C27H39NO4. The Morgan fingerprint density at radius 2 is 1.94 bits per heavy atom. The van der Waals surface area contributed by atoms with Gasteiger partial charge in [-0.15, -0.1) is 0 Å². The van der Waals surface area contributed by atoms with Crippen molar-refractivity contribution in [1.29, 1.82) is 0 Å². The van der Waals surface area contributed by atoms with Crippen molar-refractivity contribution in [1.82, 2.24) is 4.98 Å². The summed E-state index contributed by atoms with van der Waals surface area (Å²) in [6.07, 6.45) is 13.3. The van der Waals surface area contributed by atoms with Gasteiger partial charge in [0.1, 0.15) is 19.0 Å². The molecule has 0 amide bonds. The van der Waals surface area contributed by atoms with E-state index < -0.39 is 5.60 Å². The topological polar surface area (TPSA) is 57.7 Å². The lowest BCUT2D eigenvalue weighted by molar-refractivity contribution is -0.170. The van der Waals surface area contributed by atoms with E-state index in [1.165, 1.54) is 44.1 Å². The largest absolute Gasteiger partial charge is 0.372 e. The first-order chi connectivity index (χ1) is 15.6. The molecule has 0 aliphatic heterocycles. The van der Waals surface area contributed by atoms with Gasteiger partial charge in [0, 0.05) is 32.5 Å². The lowest BCUT2D eigenvalue weighted by atomic mass is 9.77. The number of hydrogen-bond acceptors (Lipinski definition) is 5. The molecule has 2 fully saturated rings. The van der Waals surface area contributed by atoms with Crippen LogP contribution in [0.2, 0.25) is 0 Å². The monoisotopic (exact) mass is 441 g/mol. The fourth-order valence-corrected chi connectivity index (χ4v) is 4.37. The second kappa shape index (κ2) is 12.5. The van der Waals surface area contributed by atoms with E-state index in [0.29, 0.717) is 6.42 Å². The van der Waals surface area contributed by atoms with Crippen molar-refractivity contribution in [3.05, 3.63) is 29.6 Å². The van der Waals surface area contributed by atoms with Crippen LogP contribution in [0.3, 0.4) is 0 Å². The Morgan fingerprint density at radius 1 is 1.19 bits per heavy atom. The van der Waals surface area contributed by atoms with Gasteiger partial charge in [0.2, 0.25) is 5.78 Å². The Kier molecular flexibility index (Phi) is 9.71. The van der Waals surface area contributed by atoms with E-state index in [2.05, 4.69) is 35.9 Å². The van der Waals surface area contributed by atoms with Crippen molar-refractivity contribution in [3.8, 4) is 11.8 Å². The summed E-state index contributed by atoms with van der Waals surface area (Å²) in [6, 6.07) is 4.23. The third kappa shape index (κ3) is 7.69. The molecule has 2 aliphatic carbocycles. The van der Waals surface area contributed by atoms with Gasteiger partial charge in [0.15, 0.2) is 0 Å². The van der Waals surface area contributed by atoms with Crippen molar-refractivity contribution in [2.45, 2.75) is 76.7 Å². The Morgan fingerprint density at radius 3 is 2.62 bits per heavy atom. The van der Waals surface area contributed by atoms with Crippen LogP contribution in [-0.2, 0) is 31.8 Å².